The number of aryl methyl sites for hydroxylation is 1. The van der Waals surface area contributed by atoms with Crippen LogP contribution in [0.5, 0.6) is 0 Å². The molecule has 24 heavy (non-hydrogen) atoms. The quantitative estimate of drug-likeness (QED) is 0.603. The largest absolute Gasteiger partial charge is 0.367 e. The molecule has 0 N–H and O–H groups in total. The summed E-state index contributed by atoms with van der Waals surface area (Å²) in [5.74, 6) is 0.123. The van der Waals surface area contributed by atoms with E-state index in [1.165, 1.54) is 16.8 Å². The van der Waals surface area contributed by atoms with Crippen molar-refractivity contribution in [3.8, 4) is 0 Å². The smallest absolute Gasteiger partial charge is 0.246 e. The summed E-state index contributed by atoms with van der Waals surface area (Å²) in [5, 5.41) is 0. The third-order valence-electron chi connectivity index (χ3n) is 4.23. The molecular formula is C21H28N2O. The van der Waals surface area contributed by atoms with Crippen LogP contribution in [0.1, 0.15) is 31.4 Å². The molecule has 1 amide bonds. The van der Waals surface area contributed by atoms with Crippen LogP contribution >= 0.6 is 0 Å². The van der Waals surface area contributed by atoms with Gasteiger partial charge in [0.05, 0.1) is 0 Å². The summed E-state index contributed by atoms with van der Waals surface area (Å²) in [4.78, 5) is 16.4. The molecule has 0 bridgehead atoms. The maximum absolute atomic E-state index is 12.1. The van der Waals surface area contributed by atoms with Crippen LogP contribution in [0.3, 0.4) is 0 Å². The summed E-state index contributed by atoms with van der Waals surface area (Å²) >= 11 is 0. The van der Waals surface area contributed by atoms with Crippen molar-refractivity contribution in [2.75, 3.05) is 26.2 Å². The Kier molecular flexibility index (Phi) is 6.42. The lowest BCUT2D eigenvalue weighted by Gasteiger charge is -2.37. The third-order valence-corrected chi connectivity index (χ3v) is 4.23. The Balaban J connectivity index is 2.14. The molecule has 0 aromatic heterocycles. The van der Waals surface area contributed by atoms with Gasteiger partial charge in [-0.3, -0.25) is 4.79 Å². The first-order chi connectivity index (χ1) is 11.5. The van der Waals surface area contributed by atoms with Gasteiger partial charge in [0.15, 0.2) is 0 Å². The van der Waals surface area contributed by atoms with Crippen LogP contribution in [0.15, 0.2) is 54.6 Å². The molecule has 3 nitrogen and oxygen atoms in total. The van der Waals surface area contributed by atoms with Crippen molar-refractivity contribution in [2.45, 2.75) is 27.2 Å². The van der Waals surface area contributed by atoms with E-state index in [9.17, 15) is 4.79 Å². The second kappa shape index (κ2) is 8.53. The molecule has 1 saturated heterocycles. The normalized spacial score (nSPS) is 15.9. The molecule has 128 valence electrons. The van der Waals surface area contributed by atoms with Gasteiger partial charge in [-0.1, -0.05) is 49.4 Å². The topological polar surface area (TPSA) is 23.6 Å². The number of carbonyl (C=O) groups excluding carboxylic acids is 1. The highest BCUT2D eigenvalue weighted by Gasteiger charge is 2.22. The molecule has 2 rings (SSSR count). The first-order valence-electron chi connectivity index (χ1n) is 8.66. The number of hydrogen-bond acceptors (Lipinski definition) is 2. The first kappa shape index (κ1) is 18.1. The summed E-state index contributed by atoms with van der Waals surface area (Å²) in [6.07, 6.45) is 6.66. The number of hydrogen-bond donors (Lipinski definition) is 0. The Hall–Kier alpha value is -2.29. The number of piperazine rings is 1. The molecule has 1 aromatic rings. The SMILES string of the molecule is C=C(C)/C=C(\c1ccccc1C)N1CCN(C(=O)/C=C/CC)CC1. The number of amides is 1. The lowest BCUT2D eigenvalue weighted by Crippen LogP contribution is -2.47. The van der Waals surface area contributed by atoms with Gasteiger partial charge in [-0.25, -0.2) is 0 Å². The van der Waals surface area contributed by atoms with Gasteiger partial charge < -0.3 is 9.80 Å². The van der Waals surface area contributed by atoms with Gasteiger partial charge in [-0.2, -0.15) is 0 Å². The second-order valence-electron chi connectivity index (χ2n) is 6.31. The zero-order valence-corrected chi connectivity index (χ0v) is 15.1. The molecule has 0 radical (unpaired) electrons. The van der Waals surface area contributed by atoms with Gasteiger partial charge in [-0.15, -0.1) is 0 Å². The summed E-state index contributed by atoms with van der Waals surface area (Å²) in [5.41, 5.74) is 4.75. The maximum Gasteiger partial charge on any atom is 0.246 e. The van der Waals surface area contributed by atoms with Gasteiger partial charge in [0.25, 0.3) is 0 Å². The number of allylic oxidation sites excluding steroid dienone is 3. The molecule has 3 heteroatoms. The summed E-state index contributed by atoms with van der Waals surface area (Å²) in [7, 11) is 0. The lowest BCUT2D eigenvalue weighted by molar-refractivity contribution is -0.127. The molecule has 1 aliphatic heterocycles. The molecule has 0 atom stereocenters. The van der Waals surface area contributed by atoms with Crippen LogP contribution < -0.4 is 0 Å². The van der Waals surface area contributed by atoms with Crippen LogP contribution in [0.4, 0.5) is 0 Å². The summed E-state index contributed by atoms with van der Waals surface area (Å²) in [6.45, 7) is 13.4. The minimum Gasteiger partial charge on any atom is -0.367 e. The van der Waals surface area contributed by atoms with Crippen molar-refractivity contribution >= 4 is 11.6 Å². The van der Waals surface area contributed by atoms with Gasteiger partial charge in [0.2, 0.25) is 5.91 Å². The zero-order valence-electron chi connectivity index (χ0n) is 15.1. The van der Waals surface area contributed by atoms with E-state index in [-0.39, 0.29) is 5.91 Å². The van der Waals surface area contributed by atoms with Crippen LogP contribution in [0.25, 0.3) is 5.70 Å². The van der Waals surface area contributed by atoms with E-state index in [0.717, 1.165) is 38.2 Å². The Bertz CT molecular complexity index is 650. The van der Waals surface area contributed by atoms with Gasteiger partial charge in [0.1, 0.15) is 0 Å². The average molecular weight is 324 g/mol. The fraction of sp³-hybridized carbons (Fsp3) is 0.381. The Morgan fingerprint density at radius 2 is 1.79 bits per heavy atom. The molecule has 0 saturated carbocycles. The lowest BCUT2D eigenvalue weighted by atomic mass is 10.0. The van der Waals surface area contributed by atoms with Crippen LogP contribution in [-0.2, 0) is 4.79 Å². The standard InChI is InChI=1S/C21H28N2O/c1-5-6-11-21(24)23-14-12-22(13-15-23)20(16-17(2)3)19-10-8-7-9-18(19)4/h6-11,16H,2,5,12-15H2,1,3-4H3/b11-6+,20-16+. The van der Waals surface area contributed by atoms with Crippen molar-refractivity contribution < 1.29 is 4.79 Å². The Morgan fingerprint density at radius 1 is 1.17 bits per heavy atom. The van der Waals surface area contributed by atoms with Crippen molar-refractivity contribution in [1.82, 2.24) is 9.80 Å². The van der Waals surface area contributed by atoms with Crippen LogP contribution in [0, 0.1) is 6.92 Å². The van der Waals surface area contributed by atoms with E-state index in [1.807, 2.05) is 24.8 Å². The predicted molar refractivity (Wildman–Crippen MR) is 102 cm³/mol. The summed E-state index contributed by atoms with van der Waals surface area (Å²) < 4.78 is 0. The van der Waals surface area contributed by atoms with E-state index >= 15 is 0 Å². The third kappa shape index (κ3) is 4.60. The number of nitrogens with zero attached hydrogens (tertiary/aromatic N) is 2. The number of carbonyl (C=O) groups is 1. The van der Waals surface area contributed by atoms with E-state index in [1.54, 1.807) is 6.08 Å². The molecule has 0 aliphatic carbocycles. The maximum atomic E-state index is 12.1. The minimum atomic E-state index is 0.123. The molecule has 1 heterocycles. The Labute approximate surface area is 146 Å². The molecule has 0 spiro atoms. The number of rotatable bonds is 5. The number of benzene rings is 1. The van der Waals surface area contributed by atoms with Crippen molar-refractivity contribution in [1.29, 1.82) is 0 Å². The average Bonchev–Trinajstić information content (AvgIpc) is 2.58. The highest BCUT2D eigenvalue weighted by Crippen LogP contribution is 2.25. The first-order valence-corrected chi connectivity index (χ1v) is 8.66. The molecule has 0 unspecified atom stereocenters. The Morgan fingerprint density at radius 3 is 2.38 bits per heavy atom. The van der Waals surface area contributed by atoms with Gasteiger partial charge >= 0.3 is 0 Å². The summed E-state index contributed by atoms with van der Waals surface area (Å²) in [6, 6.07) is 8.43. The zero-order chi connectivity index (χ0) is 17.5. The molecule has 1 aliphatic rings. The highest BCUT2D eigenvalue weighted by atomic mass is 16.2. The van der Waals surface area contributed by atoms with Crippen LogP contribution in [-0.4, -0.2) is 41.9 Å². The van der Waals surface area contributed by atoms with Gasteiger partial charge in [0, 0.05) is 37.4 Å². The fourth-order valence-electron chi connectivity index (χ4n) is 2.92. The van der Waals surface area contributed by atoms with E-state index in [0.29, 0.717) is 0 Å². The monoisotopic (exact) mass is 324 g/mol. The van der Waals surface area contributed by atoms with Crippen molar-refractivity contribution in [3.63, 3.8) is 0 Å². The second-order valence-corrected chi connectivity index (χ2v) is 6.31. The molecule has 1 fully saturated rings. The molecular weight excluding hydrogens is 296 g/mol. The van der Waals surface area contributed by atoms with E-state index < -0.39 is 0 Å². The van der Waals surface area contributed by atoms with Gasteiger partial charge in [-0.05, 0) is 38.0 Å². The van der Waals surface area contributed by atoms with E-state index in [2.05, 4.69) is 48.7 Å². The van der Waals surface area contributed by atoms with Crippen molar-refractivity contribution in [3.05, 3.63) is 65.8 Å². The van der Waals surface area contributed by atoms with Crippen molar-refractivity contribution in [2.24, 2.45) is 0 Å². The van der Waals surface area contributed by atoms with Crippen LogP contribution in [0.2, 0.25) is 0 Å². The highest BCUT2D eigenvalue weighted by molar-refractivity contribution is 5.87. The predicted octanol–water partition coefficient (Wildman–Crippen LogP) is 4.02. The fourth-order valence-corrected chi connectivity index (χ4v) is 2.92. The van der Waals surface area contributed by atoms with E-state index in [4.69, 9.17) is 0 Å². The minimum absolute atomic E-state index is 0.123. The molecule has 1 aromatic carbocycles.